The lowest BCUT2D eigenvalue weighted by atomic mass is 10.1. The van der Waals surface area contributed by atoms with Gasteiger partial charge in [-0.15, -0.1) is 0 Å². The molecule has 0 aliphatic rings. The molecule has 0 bridgehead atoms. The smallest absolute Gasteiger partial charge is 0.340 e. The van der Waals surface area contributed by atoms with Crippen LogP contribution in [0.25, 0.3) is 11.3 Å². The number of esters is 1. The van der Waals surface area contributed by atoms with E-state index in [4.69, 9.17) is 15.0 Å². The van der Waals surface area contributed by atoms with Crippen molar-refractivity contribution in [2.75, 3.05) is 5.73 Å². The molecule has 2 N–H and O–H groups in total. The molecule has 3 rings (SSSR count). The quantitative estimate of drug-likeness (QED) is 0.328. The third kappa shape index (κ3) is 3.63. The van der Waals surface area contributed by atoms with Crippen LogP contribution >= 0.6 is 0 Å². The van der Waals surface area contributed by atoms with Crippen LogP contribution in [0.2, 0.25) is 0 Å². The van der Waals surface area contributed by atoms with Crippen molar-refractivity contribution >= 4 is 17.3 Å². The van der Waals surface area contributed by atoms with E-state index in [1.807, 2.05) is 30.3 Å². The number of nitro groups is 1. The maximum atomic E-state index is 12.1. The van der Waals surface area contributed by atoms with Gasteiger partial charge in [0.25, 0.3) is 5.69 Å². The Kier molecular flexibility index (Phi) is 4.42. The second kappa shape index (κ2) is 6.83. The van der Waals surface area contributed by atoms with Gasteiger partial charge in [-0.2, -0.15) is 0 Å². The molecule has 25 heavy (non-hydrogen) atoms. The van der Waals surface area contributed by atoms with Gasteiger partial charge < -0.3 is 15.0 Å². The van der Waals surface area contributed by atoms with Crippen molar-refractivity contribution in [3.8, 4) is 11.3 Å². The molecular formula is C17H13N3O5. The zero-order chi connectivity index (χ0) is 17.8. The highest BCUT2D eigenvalue weighted by Crippen LogP contribution is 2.22. The van der Waals surface area contributed by atoms with E-state index in [0.29, 0.717) is 11.5 Å². The highest BCUT2D eigenvalue weighted by molar-refractivity contribution is 5.95. The van der Waals surface area contributed by atoms with Gasteiger partial charge >= 0.3 is 5.97 Å². The number of nitrogens with zero attached hydrogens (tertiary/aromatic N) is 2. The van der Waals surface area contributed by atoms with Crippen LogP contribution in [-0.4, -0.2) is 16.0 Å². The summed E-state index contributed by atoms with van der Waals surface area (Å²) in [7, 11) is 0. The number of nitrogens with two attached hydrogens (primary N) is 1. The molecule has 0 aliphatic heterocycles. The Morgan fingerprint density at radius 2 is 1.96 bits per heavy atom. The van der Waals surface area contributed by atoms with Gasteiger partial charge in [-0.1, -0.05) is 35.5 Å². The predicted molar refractivity (Wildman–Crippen MR) is 88.6 cm³/mol. The van der Waals surface area contributed by atoms with Crippen LogP contribution in [0.4, 0.5) is 11.4 Å². The minimum atomic E-state index is -0.773. The van der Waals surface area contributed by atoms with Gasteiger partial charge in [-0.05, 0) is 6.07 Å². The van der Waals surface area contributed by atoms with Crippen LogP contribution in [0, 0.1) is 10.1 Å². The normalized spacial score (nSPS) is 10.4. The Bertz CT molecular complexity index is 921. The molecule has 0 amide bonds. The van der Waals surface area contributed by atoms with Gasteiger partial charge in [0.2, 0.25) is 0 Å². The lowest BCUT2D eigenvalue weighted by Crippen LogP contribution is -2.09. The Labute approximate surface area is 142 Å². The zero-order valence-corrected chi connectivity index (χ0v) is 12.9. The summed E-state index contributed by atoms with van der Waals surface area (Å²) in [6, 6.07) is 14.6. The Morgan fingerprint density at radius 3 is 2.68 bits per heavy atom. The fraction of sp³-hybridized carbons (Fsp3) is 0.0588. The predicted octanol–water partition coefficient (Wildman–Crippen LogP) is 3.19. The molecule has 0 fully saturated rings. The maximum absolute atomic E-state index is 12.1. The summed E-state index contributed by atoms with van der Waals surface area (Å²) in [6.07, 6.45) is 0. The van der Waals surface area contributed by atoms with Crippen molar-refractivity contribution < 1.29 is 19.0 Å². The van der Waals surface area contributed by atoms with Gasteiger partial charge in [0.15, 0.2) is 5.76 Å². The largest absolute Gasteiger partial charge is 0.455 e. The van der Waals surface area contributed by atoms with Crippen molar-refractivity contribution in [3.63, 3.8) is 0 Å². The van der Waals surface area contributed by atoms with E-state index in [2.05, 4.69) is 5.16 Å². The molecule has 0 saturated heterocycles. The SMILES string of the molecule is Nc1ccc([N+](=O)[O-])cc1C(=O)OCc1cc(-c2ccccc2)on1. The second-order valence-electron chi connectivity index (χ2n) is 5.15. The number of benzene rings is 2. The van der Waals surface area contributed by atoms with E-state index in [1.54, 1.807) is 6.07 Å². The van der Waals surface area contributed by atoms with Crippen molar-refractivity contribution in [3.05, 3.63) is 76.0 Å². The summed E-state index contributed by atoms with van der Waals surface area (Å²) < 4.78 is 10.3. The van der Waals surface area contributed by atoms with Crippen LogP contribution in [0.5, 0.6) is 0 Å². The third-order valence-corrected chi connectivity index (χ3v) is 3.44. The molecule has 1 heterocycles. The molecule has 1 aromatic heterocycles. The van der Waals surface area contributed by atoms with Gasteiger partial charge in [-0.3, -0.25) is 10.1 Å². The molecular weight excluding hydrogens is 326 g/mol. The molecule has 0 aliphatic carbocycles. The summed E-state index contributed by atoms with van der Waals surface area (Å²) in [6.45, 7) is -0.142. The number of ether oxygens (including phenoxy) is 1. The molecule has 126 valence electrons. The molecule has 0 radical (unpaired) electrons. The Hall–Kier alpha value is -3.68. The average Bonchev–Trinajstić information content (AvgIpc) is 3.09. The molecule has 0 saturated carbocycles. The van der Waals surface area contributed by atoms with Gasteiger partial charge in [0.05, 0.1) is 10.5 Å². The van der Waals surface area contributed by atoms with E-state index in [0.717, 1.165) is 11.6 Å². The van der Waals surface area contributed by atoms with Crippen LogP contribution in [0.3, 0.4) is 0 Å². The van der Waals surface area contributed by atoms with Crippen molar-refractivity contribution in [2.45, 2.75) is 6.61 Å². The molecule has 3 aromatic rings. The van der Waals surface area contributed by atoms with E-state index in [9.17, 15) is 14.9 Å². The number of carbonyl (C=O) groups excluding carboxylic acids is 1. The van der Waals surface area contributed by atoms with E-state index in [1.165, 1.54) is 12.1 Å². The number of rotatable bonds is 5. The fourth-order valence-corrected chi connectivity index (χ4v) is 2.17. The first kappa shape index (κ1) is 16.2. The number of non-ortho nitro benzene ring substituents is 1. The number of nitro benzene ring substituents is 1. The topological polar surface area (TPSA) is 121 Å². The summed E-state index contributed by atoms with van der Waals surface area (Å²) in [4.78, 5) is 22.3. The van der Waals surface area contributed by atoms with E-state index >= 15 is 0 Å². The number of carbonyl (C=O) groups is 1. The van der Waals surface area contributed by atoms with Crippen LogP contribution < -0.4 is 5.73 Å². The minimum Gasteiger partial charge on any atom is -0.455 e. The monoisotopic (exact) mass is 339 g/mol. The summed E-state index contributed by atoms with van der Waals surface area (Å²) in [5.41, 5.74) is 6.73. The van der Waals surface area contributed by atoms with Gasteiger partial charge in [0.1, 0.15) is 12.3 Å². The highest BCUT2D eigenvalue weighted by atomic mass is 16.6. The summed E-state index contributed by atoms with van der Waals surface area (Å²) >= 11 is 0. The van der Waals surface area contributed by atoms with Crippen molar-refractivity contribution in [1.29, 1.82) is 0 Å². The first-order valence-electron chi connectivity index (χ1n) is 7.26. The standard InChI is InChI=1S/C17H13N3O5/c18-15-7-6-13(20(22)23)9-14(15)17(21)24-10-12-8-16(25-19-12)11-4-2-1-3-5-11/h1-9H,10,18H2. The number of aromatic nitrogens is 1. The molecule has 8 heteroatoms. The van der Waals surface area contributed by atoms with Crippen molar-refractivity contribution in [1.82, 2.24) is 5.16 Å². The van der Waals surface area contributed by atoms with Crippen LogP contribution in [0.15, 0.2) is 59.1 Å². The number of anilines is 1. The molecule has 2 aromatic carbocycles. The third-order valence-electron chi connectivity index (χ3n) is 3.44. The molecule has 8 nitrogen and oxygen atoms in total. The average molecular weight is 339 g/mol. The number of hydrogen-bond donors (Lipinski definition) is 1. The first-order valence-corrected chi connectivity index (χ1v) is 7.26. The maximum Gasteiger partial charge on any atom is 0.340 e. The van der Waals surface area contributed by atoms with E-state index in [-0.39, 0.29) is 23.5 Å². The number of nitrogen functional groups attached to an aromatic ring is 1. The fourth-order valence-electron chi connectivity index (χ4n) is 2.17. The van der Waals surface area contributed by atoms with E-state index < -0.39 is 10.9 Å². The van der Waals surface area contributed by atoms with Crippen LogP contribution in [0.1, 0.15) is 16.1 Å². The Balaban J connectivity index is 1.70. The van der Waals surface area contributed by atoms with Gasteiger partial charge in [0, 0.05) is 29.4 Å². The summed E-state index contributed by atoms with van der Waals surface area (Å²) in [5, 5.41) is 14.6. The van der Waals surface area contributed by atoms with Gasteiger partial charge in [-0.25, -0.2) is 4.79 Å². The van der Waals surface area contributed by atoms with Crippen LogP contribution in [-0.2, 0) is 11.3 Å². The first-order chi connectivity index (χ1) is 12.0. The molecule has 0 spiro atoms. The number of hydrogen-bond acceptors (Lipinski definition) is 7. The Morgan fingerprint density at radius 1 is 1.20 bits per heavy atom. The van der Waals surface area contributed by atoms with Crippen molar-refractivity contribution in [2.24, 2.45) is 0 Å². The minimum absolute atomic E-state index is 0.0685. The molecule has 0 unspecified atom stereocenters. The molecule has 0 atom stereocenters. The lowest BCUT2D eigenvalue weighted by molar-refractivity contribution is -0.384. The second-order valence-corrected chi connectivity index (χ2v) is 5.15. The zero-order valence-electron chi connectivity index (χ0n) is 12.9. The summed E-state index contributed by atoms with van der Waals surface area (Å²) in [5.74, 6) is -0.230. The highest BCUT2D eigenvalue weighted by Gasteiger charge is 2.17. The lowest BCUT2D eigenvalue weighted by Gasteiger charge is -2.05.